The smallest absolute Gasteiger partial charge is 0.214 e. The van der Waals surface area contributed by atoms with Gasteiger partial charge in [0.25, 0.3) is 0 Å². The van der Waals surface area contributed by atoms with Crippen LogP contribution < -0.4 is 4.90 Å². The molecule has 0 saturated carbocycles. The number of sulfonamides is 1. The molecule has 11 heteroatoms. The number of piperazine rings is 1. The summed E-state index contributed by atoms with van der Waals surface area (Å²) < 4.78 is 29.0. The number of aromatic nitrogens is 4. The van der Waals surface area contributed by atoms with Gasteiger partial charge < -0.3 is 4.90 Å². The van der Waals surface area contributed by atoms with Crippen molar-refractivity contribution in [1.29, 1.82) is 0 Å². The van der Waals surface area contributed by atoms with E-state index in [4.69, 9.17) is 28.3 Å². The Morgan fingerprint density at radius 1 is 0.972 bits per heavy atom. The SMILES string of the molecule is CCCS(=O)(=O)N1CC2CC1CN2c1ncnc2c(-c3ccc(Cl)cc3)n(-c3ccccc3Cl)nc12. The fourth-order valence-electron chi connectivity index (χ4n) is 5.37. The highest BCUT2D eigenvalue weighted by Gasteiger charge is 2.48. The van der Waals surface area contributed by atoms with Crippen LogP contribution in [0.2, 0.25) is 10.0 Å². The summed E-state index contributed by atoms with van der Waals surface area (Å²) in [6.45, 7) is 2.94. The van der Waals surface area contributed by atoms with Gasteiger partial charge in [0.05, 0.1) is 16.5 Å². The average molecular weight is 543 g/mol. The summed E-state index contributed by atoms with van der Waals surface area (Å²) in [5, 5.41) is 6.17. The van der Waals surface area contributed by atoms with E-state index in [2.05, 4.69) is 14.9 Å². The Morgan fingerprint density at radius 3 is 2.44 bits per heavy atom. The van der Waals surface area contributed by atoms with E-state index in [1.807, 2.05) is 55.5 Å². The Kier molecular flexibility index (Phi) is 5.91. The Hall–Kier alpha value is -2.72. The summed E-state index contributed by atoms with van der Waals surface area (Å²) in [6, 6.07) is 15.0. The lowest BCUT2D eigenvalue weighted by Gasteiger charge is -2.34. The number of fused-ring (bicyclic) bond motifs is 3. The highest BCUT2D eigenvalue weighted by Crippen LogP contribution is 2.40. The number of halogens is 2. The number of nitrogens with zero attached hydrogens (tertiary/aromatic N) is 6. The molecule has 186 valence electrons. The van der Waals surface area contributed by atoms with Gasteiger partial charge in [-0.25, -0.2) is 23.1 Å². The van der Waals surface area contributed by atoms with Crippen molar-refractivity contribution >= 4 is 50.1 Å². The predicted octanol–water partition coefficient (Wildman–Crippen LogP) is 4.79. The van der Waals surface area contributed by atoms with Crippen molar-refractivity contribution in [3.05, 3.63) is 64.9 Å². The van der Waals surface area contributed by atoms with Crippen molar-refractivity contribution in [1.82, 2.24) is 24.1 Å². The maximum absolute atomic E-state index is 12.7. The molecule has 0 aliphatic carbocycles. The van der Waals surface area contributed by atoms with E-state index >= 15 is 0 Å². The quantitative estimate of drug-likeness (QED) is 0.348. The minimum atomic E-state index is -3.24. The van der Waals surface area contributed by atoms with Gasteiger partial charge in [-0.3, -0.25) is 0 Å². The molecule has 4 aromatic rings. The zero-order valence-electron chi connectivity index (χ0n) is 19.6. The average Bonchev–Trinajstić information content (AvgIpc) is 3.58. The molecule has 0 amide bonds. The molecule has 2 aromatic carbocycles. The van der Waals surface area contributed by atoms with Crippen molar-refractivity contribution in [3.63, 3.8) is 0 Å². The van der Waals surface area contributed by atoms with Gasteiger partial charge in [0.2, 0.25) is 10.0 Å². The van der Waals surface area contributed by atoms with Crippen molar-refractivity contribution in [2.24, 2.45) is 0 Å². The van der Waals surface area contributed by atoms with Gasteiger partial charge in [0.1, 0.15) is 17.5 Å². The van der Waals surface area contributed by atoms with Gasteiger partial charge >= 0.3 is 0 Å². The normalized spacial score (nSPS) is 20.0. The molecule has 6 rings (SSSR count). The molecule has 2 unspecified atom stereocenters. The topological polar surface area (TPSA) is 84.2 Å². The number of hydrogen-bond donors (Lipinski definition) is 0. The number of benzene rings is 2. The Balaban J connectivity index is 1.47. The molecule has 2 aliphatic heterocycles. The standard InChI is InChI=1S/C25H24Cl2N6O2S/c1-2-11-36(34,35)32-14-18-12-19(32)13-31(18)25-23-22(28-15-29-25)24(16-7-9-17(26)10-8-16)33(30-23)21-6-4-3-5-20(21)27/h3-10,15,18-19H,2,11-14H2,1H3. The lowest BCUT2D eigenvalue weighted by atomic mass is 10.1. The second-order valence-corrected chi connectivity index (χ2v) is 12.1. The van der Waals surface area contributed by atoms with Crippen LogP contribution in [-0.2, 0) is 10.0 Å². The first-order valence-electron chi connectivity index (χ1n) is 11.9. The summed E-state index contributed by atoms with van der Waals surface area (Å²) in [4.78, 5) is 11.4. The molecule has 2 fully saturated rings. The second-order valence-electron chi connectivity index (χ2n) is 9.19. The fraction of sp³-hybridized carbons (Fsp3) is 0.320. The van der Waals surface area contributed by atoms with Crippen LogP contribution in [0.4, 0.5) is 5.82 Å². The zero-order chi connectivity index (χ0) is 25.0. The lowest BCUT2D eigenvalue weighted by Crippen LogP contribution is -2.49. The molecule has 4 heterocycles. The first-order valence-corrected chi connectivity index (χ1v) is 14.2. The third-order valence-corrected chi connectivity index (χ3v) is 9.58. The molecule has 0 N–H and O–H groups in total. The Bertz CT molecular complexity index is 1560. The molecular weight excluding hydrogens is 519 g/mol. The summed E-state index contributed by atoms with van der Waals surface area (Å²) in [5.41, 5.74) is 3.76. The highest BCUT2D eigenvalue weighted by atomic mass is 35.5. The summed E-state index contributed by atoms with van der Waals surface area (Å²) >= 11 is 12.7. The first kappa shape index (κ1) is 23.7. The third-order valence-electron chi connectivity index (χ3n) is 6.92. The summed E-state index contributed by atoms with van der Waals surface area (Å²) in [5.74, 6) is 0.891. The van der Waals surface area contributed by atoms with Crippen LogP contribution in [-0.4, -0.2) is 63.4 Å². The van der Waals surface area contributed by atoms with Gasteiger partial charge in [-0.15, -0.1) is 0 Å². The zero-order valence-corrected chi connectivity index (χ0v) is 21.9. The summed E-state index contributed by atoms with van der Waals surface area (Å²) in [6.07, 6.45) is 2.94. The first-order chi connectivity index (χ1) is 17.4. The molecule has 2 saturated heterocycles. The summed E-state index contributed by atoms with van der Waals surface area (Å²) in [7, 11) is -3.24. The minimum absolute atomic E-state index is 0.0455. The predicted molar refractivity (Wildman–Crippen MR) is 142 cm³/mol. The van der Waals surface area contributed by atoms with Crippen LogP contribution in [0.5, 0.6) is 0 Å². The third kappa shape index (κ3) is 3.85. The minimum Gasteiger partial charge on any atom is -0.349 e. The van der Waals surface area contributed by atoms with E-state index in [0.717, 1.165) is 23.4 Å². The highest BCUT2D eigenvalue weighted by molar-refractivity contribution is 7.89. The Morgan fingerprint density at radius 2 is 1.75 bits per heavy atom. The Labute approximate surface area is 219 Å². The molecular formula is C25H24Cl2N6O2S. The van der Waals surface area contributed by atoms with Gasteiger partial charge in [0, 0.05) is 35.8 Å². The van der Waals surface area contributed by atoms with Crippen molar-refractivity contribution in [3.8, 4) is 16.9 Å². The van der Waals surface area contributed by atoms with Gasteiger partial charge in [-0.2, -0.15) is 9.40 Å². The van der Waals surface area contributed by atoms with Gasteiger partial charge in [-0.05, 0) is 37.1 Å². The van der Waals surface area contributed by atoms with Crippen LogP contribution in [0.25, 0.3) is 28.0 Å². The van der Waals surface area contributed by atoms with E-state index in [0.29, 0.717) is 46.4 Å². The maximum atomic E-state index is 12.7. The van der Waals surface area contributed by atoms with Crippen LogP contribution in [0, 0.1) is 0 Å². The van der Waals surface area contributed by atoms with Crippen LogP contribution in [0.3, 0.4) is 0 Å². The van der Waals surface area contributed by atoms with E-state index < -0.39 is 10.0 Å². The van der Waals surface area contributed by atoms with Crippen molar-refractivity contribution in [2.45, 2.75) is 31.8 Å². The van der Waals surface area contributed by atoms with Gasteiger partial charge in [-0.1, -0.05) is 54.4 Å². The molecule has 8 nitrogen and oxygen atoms in total. The van der Waals surface area contributed by atoms with E-state index in [9.17, 15) is 8.42 Å². The van der Waals surface area contributed by atoms with Gasteiger partial charge in [0.15, 0.2) is 11.3 Å². The fourth-order valence-corrected chi connectivity index (χ4v) is 7.46. The van der Waals surface area contributed by atoms with Crippen LogP contribution in [0.15, 0.2) is 54.9 Å². The molecule has 2 bridgehead atoms. The lowest BCUT2D eigenvalue weighted by molar-refractivity contribution is 0.368. The number of hydrogen-bond acceptors (Lipinski definition) is 6. The largest absolute Gasteiger partial charge is 0.349 e. The van der Waals surface area contributed by atoms with Crippen molar-refractivity contribution in [2.75, 3.05) is 23.7 Å². The molecule has 2 aliphatic rings. The molecule has 0 spiro atoms. The van der Waals surface area contributed by atoms with Crippen LogP contribution >= 0.6 is 23.2 Å². The van der Waals surface area contributed by atoms with E-state index in [1.165, 1.54) is 0 Å². The van der Waals surface area contributed by atoms with E-state index in [-0.39, 0.29) is 17.8 Å². The molecule has 0 radical (unpaired) electrons. The molecule has 2 aromatic heterocycles. The number of anilines is 1. The number of rotatable bonds is 6. The monoisotopic (exact) mass is 542 g/mol. The van der Waals surface area contributed by atoms with Crippen molar-refractivity contribution < 1.29 is 8.42 Å². The molecule has 2 atom stereocenters. The number of para-hydroxylation sites is 1. The second kappa shape index (κ2) is 8.99. The maximum Gasteiger partial charge on any atom is 0.214 e. The van der Waals surface area contributed by atoms with Crippen LogP contribution in [0.1, 0.15) is 19.8 Å². The van der Waals surface area contributed by atoms with E-state index in [1.54, 1.807) is 15.3 Å². The molecule has 36 heavy (non-hydrogen) atoms.